The molecule has 2 heterocycles. The molecule has 1 amide bonds. The van der Waals surface area contributed by atoms with Gasteiger partial charge in [-0.25, -0.2) is 0 Å². The SMILES string of the molecule is Cc1ccc(Nc2ccc(NC(=O)C3CCCO3)nn2)c(C)c1. The van der Waals surface area contributed by atoms with Gasteiger partial charge in [-0.2, -0.15) is 0 Å². The van der Waals surface area contributed by atoms with Gasteiger partial charge in [0, 0.05) is 12.3 Å². The van der Waals surface area contributed by atoms with E-state index in [4.69, 9.17) is 4.74 Å². The molecular weight excluding hydrogens is 292 g/mol. The largest absolute Gasteiger partial charge is 0.368 e. The fourth-order valence-corrected chi connectivity index (χ4v) is 2.55. The molecule has 1 fully saturated rings. The molecule has 6 heteroatoms. The number of aromatic nitrogens is 2. The van der Waals surface area contributed by atoms with Crippen molar-refractivity contribution < 1.29 is 9.53 Å². The van der Waals surface area contributed by atoms with Gasteiger partial charge in [0.15, 0.2) is 11.6 Å². The molecule has 0 saturated carbocycles. The van der Waals surface area contributed by atoms with E-state index < -0.39 is 0 Å². The van der Waals surface area contributed by atoms with Gasteiger partial charge in [-0.1, -0.05) is 17.7 Å². The molecule has 2 aromatic rings. The number of aryl methyl sites for hydroxylation is 2. The summed E-state index contributed by atoms with van der Waals surface area (Å²) in [5.41, 5.74) is 3.34. The summed E-state index contributed by atoms with van der Waals surface area (Å²) in [6.07, 6.45) is 1.30. The fraction of sp³-hybridized carbons (Fsp3) is 0.353. The van der Waals surface area contributed by atoms with E-state index in [0.29, 0.717) is 18.2 Å². The van der Waals surface area contributed by atoms with Crippen molar-refractivity contribution in [1.82, 2.24) is 10.2 Å². The van der Waals surface area contributed by atoms with Gasteiger partial charge in [0.05, 0.1) is 0 Å². The monoisotopic (exact) mass is 312 g/mol. The van der Waals surface area contributed by atoms with Crippen LogP contribution in [0.25, 0.3) is 0 Å². The van der Waals surface area contributed by atoms with Crippen LogP contribution < -0.4 is 10.6 Å². The lowest BCUT2D eigenvalue weighted by Gasteiger charge is -2.11. The van der Waals surface area contributed by atoms with Gasteiger partial charge in [0.1, 0.15) is 6.10 Å². The predicted molar refractivity (Wildman–Crippen MR) is 88.8 cm³/mol. The van der Waals surface area contributed by atoms with E-state index in [2.05, 4.69) is 33.8 Å². The number of ether oxygens (including phenoxy) is 1. The standard InChI is InChI=1S/C17H20N4O2/c1-11-5-6-13(12(2)10-11)18-15-7-8-16(21-20-15)19-17(22)14-4-3-9-23-14/h5-8,10,14H,3-4,9H2,1-2H3,(H,18,20)(H,19,21,22). The van der Waals surface area contributed by atoms with Crippen LogP contribution in [-0.2, 0) is 9.53 Å². The van der Waals surface area contributed by atoms with E-state index in [0.717, 1.165) is 24.1 Å². The van der Waals surface area contributed by atoms with Crippen LogP contribution in [0.2, 0.25) is 0 Å². The first-order valence-electron chi connectivity index (χ1n) is 7.72. The molecule has 23 heavy (non-hydrogen) atoms. The molecule has 0 aliphatic carbocycles. The Kier molecular flexibility index (Phi) is 4.52. The van der Waals surface area contributed by atoms with Crippen LogP contribution in [0.5, 0.6) is 0 Å². The van der Waals surface area contributed by atoms with Crippen molar-refractivity contribution in [2.75, 3.05) is 17.2 Å². The second-order valence-electron chi connectivity index (χ2n) is 5.74. The van der Waals surface area contributed by atoms with Crippen LogP contribution >= 0.6 is 0 Å². The summed E-state index contributed by atoms with van der Waals surface area (Å²) in [7, 11) is 0. The lowest BCUT2D eigenvalue weighted by Crippen LogP contribution is -2.27. The molecule has 2 N–H and O–H groups in total. The Morgan fingerprint density at radius 1 is 1.17 bits per heavy atom. The molecule has 6 nitrogen and oxygen atoms in total. The first-order valence-corrected chi connectivity index (χ1v) is 7.72. The molecule has 1 saturated heterocycles. The third kappa shape index (κ3) is 3.84. The Morgan fingerprint density at radius 3 is 2.61 bits per heavy atom. The van der Waals surface area contributed by atoms with Gasteiger partial charge in [0.2, 0.25) is 0 Å². The number of amides is 1. The lowest BCUT2D eigenvalue weighted by atomic mass is 10.1. The Balaban J connectivity index is 1.63. The molecule has 0 radical (unpaired) electrons. The molecular formula is C17H20N4O2. The third-order valence-electron chi connectivity index (χ3n) is 3.78. The minimum Gasteiger partial charge on any atom is -0.368 e. The maximum absolute atomic E-state index is 11.9. The molecule has 1 unspecified atom stereocenters. The van der Waals surface area contributed by atoms with E-state index in [1.54, 1.807) is 12.1 Å². The van der Waals surface area contributed by atoms with E-state index in [9.17, 15) is 4.79 Å². The summed E-state index contributed by atoms with van der Waals surface area (Å²) < 4.78 is 5.34. The van der Waals surface area contributed by atoms with Gasteiger partial charge < -0.3 is 15.4 Å². The number of nitrogens with one attached hydrogen (secondary N) is 2. The topological polar surface area (TPSA) is 76.1 Å². The predicted octanol–water partition coefficient (Wildman–Crippen LogP) is 2.95. The number of rotatable bonds is 4. The number of carbonyl (C=O) groups is 1. The van der Waals surface area contributed by atoms with Crippen molar-refractivity contribution >= 4 is 23.2 Å². The summed E-state index contributed by atoms with van der Waals surface area (Å²) in [4.78, 5) is 11.9. The Morgan fingerprint density at radius 2 is 1.96 bits per heavy atom. The first kappa shape index (κ1) is 15.4. The fourth-order valence-electron chi connectivity index (χ4n) is 2.55. The second kappa shape index (κ2) is 6.75. The van der Waals surface area contributed by atoms with Crippen LogP contribution in [0.3, 0.4) is 0 Å². The van der Waals surface area contributed by atoms with Crippen LogP contribution in [0, 0.1) is 13.8 Å². The molecule has 120 valence electrons. The van der Waals surface area contributed by atoms with E-state index >= 15 is 0 Å². The highest BCUT2D eigenvalue weighted by Crippen LogP contribution is 2.20. The maximum Gasteiger partial charge on any atom is 0.254 e. The number of nitrogens with zero attached hydrogens (tertiary/aromatic N) is 2. The van der Waals surface area contributed by atoms with E-state index in [1.165, 1.54) is 5.56 Å². The van der Waals surface area contributed by atoms with Gasteiger partial charge in [-0.15, -0.1) is 10.2 Å². The minimum absolute atomic E-state index is 0.160. The Hall–Kier alpha value is -2.47. The second-order valence-corrected chi connectivity index (χ2v) is 5.74. The third-order valence-corrected chi connectivity index (χ3v) is 3.78. The highest BCUT2D eigenvalue weighted by atomic mass is 16.5. The zero-order valence-corrected chi connectivity index (χ0v) is 13.3. The smallest absolute Gasteiger partial charge is 0.254 e. The number of hydrogen-bond donors (Lipinski definition) is 2. The summed E-state index contributed by atoms with van der Waals surface area (Å²) in [5.74, 6) is 0.899. The zero-order valence-electron chi connectivity index (χ0n) is 13.3. The number of benzene rings is 1. The molecule has 1 aromatic heterocycles. The average Bonchev–Trinajstić information content (AvgIpc) is 3.06. The van der Waals surface area contributed by atoms with Crippen molar-refractivity contribution in [2.24, 2.45) is 0 Å². The quantitative estimate of drug-likeness (QED) is 0.907. The molecule has 3 rings (SSSR count). The summed E-state index contributed by atoms with van der Waals surface area (Å²) in [5, 5.41) is 14.1. The van der Waals surface area contributed by atoms with Crippen molar-refractivity contribution in [3.8, 4) is 0 Å². The molecule has 1 atom stereocenters. The average molecular weight is 312 g/mol. The molecule has 1 aromatic carbocycles. The molecule has 0 spiro atoms. The number of anilines is 3. The van der Waals surface area contributed by atoms with Crippen molar-refractivity contribution in [2.45, 2.75) is 32.8 Å². The Labute approximate surface area is 135 Å². The van der Waals surface area contributed by atoms with Gasteiger partial charge in [-0.3, -0.25) is 4.79 Å². The highest BCUT2D eigenvalue weighted by Gasteiger charge is 2.23. The van der Waals surface area contributed by atoms with Crippen molar-refractivity contribution in [1.29, 1.82) is 0 Å². The van der Waals surface area contributed by atoms with Gasteiger partial charge in [0.25, 0.3) is 5.91 Å². The summed E-state index contributed by atoms with van der Waals surface area (Å²) >= 11 is 0. The Bertz CT molecular complexity index is 694. The van der Waals surface area contributed by atoms with Crippen molar-refractivity contribution in [3.05, 3.63) is 41.5 Å². The minimum atomic E-state index is -0.371. The highest BCUT2D eigenvalue weighted by molar-refractivity contribution is 5.93. The number of hydrogen-bond acceptors (Lipinski definition) is 5. The normalized spacial score (nSPS) is 17.0. The van der Waals surface area contributed by atoms with E-state index in [1.807, 2.05) is 19.1 Å². The van der Waals surface area contributed by atoms with E-state index in [-0.39, 0.29) is 12.0 Å². The van der Waals surface area contributed by atoms with Gasteiger partial charge >= 0.3 is 0 Å². The van der Waals surface area contributed by atoms with Crippen LogP contribution in [0.15, 0.2) is 30.3 Å². The van der Waals surface area contributed by atoms with Crippen LogP contribution in [-0.4, -0.2) is 28.8 Å². The van der Waals surface area contributed by atoms with Gasteiger partial charge in [-0.05, 0) is 50.5 Å². The van der Waals surface area contributed by atoms with Crippen LogP contribution in [0.1, 0.15) is 24.0 Å². The zero-order chi connectivity index (χ0) is 16.2. The summed E-state index contributed by atoms with van der Waals surface area (Å²) in [6.45, 7) is 4.74. The van der Waals surface area contributed by atoms with Crippen molar-refractivity contribution in [3.63, 3.8) is 0 Å². The number of carbonyl (C=O) groups excluding carboxylic acids is 1. The molecule has 0 bridgehead atoms. The first-order chi connectivity index (χ1) is 11.1. The lowest BCUT2D eigenvalue weighted by molar-refractivity contribution is -0.124. The molecule has 1 aliphatic heterocycles. The maximum atomic E-state index is 11.9. The summed E-state index contributed by atoms with van der Waals surface area (Å²) in [6, 6.07) is 9.67. The molecule has 1 aliphatic rings. The van der Waals surface area contributed by atoms with Crippen LogP contribution in [0.4, 0.5) is 17.3 Å².